The maximum absolute atomic E-state index is 13.8. The van der Waals surface area contributed by atoms with Crippen molar-refractivity contribution < 1.29 is 18.4 Å². The van der Waals surface area contributed by atoms with Gasteiger partial charge in [0, 0.05) is 36.0 Å². The van der Waals surface area contributed by atoms with E-state index in [0.717, 1.165) is 29.5 Å². The number of aromatic amines is 1. The quantitative estimate of drug-likeness (QED) is 0.344. The number of nitrogens with zero attached hydrogens (tertiary/aromatic N) is 2. The minimum atomic E-state index is -1.33. The second-order valence-electron chi connectivity index (χ2n) is 9.00. The third-order valence-corrected chi connectivity index (χ3v) is 7.05. The number of hydrogen-bond donors (Lipinski definition) is 1. The molecule has 1 saturated carbocycles. The van der Waals surface area contributed by atoms with Gasteiger partial charge in [0.15, 0.2) is 11.6 Å². The van der Waals surface area contributed by atoms with Crippen molar-refractivity contribution in [2.45, 2.75) is 38.1 Å². The van der Waals surface area contributed by atoms with Crippen LogP contribution < -0.4 is 11.2 Å². The summed E-state index contributed by atoms with van der Waals surface area (Å²) in [4.78, 5) is 59.0. The van der Waals surface area contributed by atoms with E-state index in [4.69, 9.17) is 0 Å². The van der Waals surface area contributed by atoms with E-state index in [1.54, 1.807) is 5.38 Å². The molecule has 0 saturated heterocycles. The fraction of sp³-hybridized carbons (Fsp3) is 0.269. The molecular weight excluding hydrogens is 488 g/mol. The zero-order valence-electron chi connectivity index (χ0n) is 19.0. The molecule has 2 heterocycles. The number of hydrogen-bond acceptors (Lipinski definition) is 6. The molecule has 0 radical (unpaired) electrons. The van der Waals surface area contributed by atoms with Crippen LogP contribution in [0.2, 0.25) is 0 Å². The SMILES string of the molecule is O=C(CC1CC1)c1ccc2c(=O)n(C(Cc3cc(F)cc(F)c3)C(=O)Cc3nccs3)c(=O)[nH]c2c1. The van der Waals surface area contributed by atoms with E-state index in [1.807, 2.05) is 0 Å². The molecule has 1 N–H and O–H groups in total. The number of nitrogens with one attached hydrogen (secondary N) is 1. The van der Waals surface area contributed by atoms with Crippen LogP contribution in [0, 0.1) is 17.6 Å². The molecule has 0 aliphatic heterocycles. The summed E-state index contributed by atoms with van der Waals surface area (Å²) >= 11 is 1.24. The molecule has 184 valence electrons. The zero-order chi connectivity index (χ0) is 25.4. The van der Waals surface area contributed by atoms with E-state index >= 15 is 0 Å². The molecule has 2 aromatic heterocycles. The van der Waals surface area contributed by atoms with E-state index in [0.29, 0.717) is 29.0 Å². The van der Waals surface area contributed by atoms with Crippen LogP contribution in [-0.2, 0) is 17.6 Å². The number of aromatic nitrogens is 3. The maximum Gasteiger partial charge on any atom is 0.329 e. The highest BCUT2D eigenvalue weighted by atomic mass is 32.1. The Kier molecular flexibility index (Phi) is 6.44. The summed E-state index contributed by atoms with van der Waals surface area (Å²) in [6.07, 6.45) is 3.56. The molecule has 1 aliphatic rings. The van der Waals surface area contributed by atoms with Crippen LogP contribution in [0.3, 0.4) is 0 Å². The standard InChI is InChI=1S/C26H21F2N3O4S/c27-17-7-15(8-18(28)12-17)9-21(23(33)13-24-29-5-6-36-24)31-25(34)19-4-3-16(11-20(19)30-26(31)35)22(32)10-14-1-2-14/h3-8,11-12,14,21H,1-2,9-10,13H2,(H,30,35). The monoisotopic (exact) mass is 509 g/mol. The van der Waals surface area contributed by atoms with Crippen molar-refractivity contribution in [2.24, 2.45) is 5.92 Å². The second kappa shape index (κ2) is 9.69. The average molecular weight is 510 g/mol. The first kappa shape index (κ1) is 23.9. The van der Waals surface area contributed by atoms with Gasteiger partial charge in [-0.3, -0.25) is 14.4 Å². The molecule has 1 atom stereocenters. The van der Waals surface area contributed by atoms with Crippen molar-refractivity contribution in [1.82, 2.24) is 14.5 Å². The number of benzene rings is 2. The number of carbonyl (C=O) groups excluding carboxylic acids is 2. The predicted molar refractivity (Wildman–Crippen MR) is 130 cm³/mol. The van der Waals surface area contributed by atoms with Crippen LogP contribution in [0.25, 0.3) is 10.9 Å². The van der Waals surface area contributed by atoms with E-state index in [1.165, 1.54) is 35.7 Å². The first-order valence-corrected chi connectivity index (χ1v) is 12.3. The van der Waals surface area contributed by atoms with Crippen molar-refractivity contribution in [2.75, 3.05) is 0 Å². The first-order valence-electron chi connectivity index (χ1n) is 11.5. The Hall–Kier alpha value is -3.79. The van der Waals surface area contributed by atoms with Crippen LogP contribution in [0.5, 0.6) is 0 Å². The van der Waals surface area contributed by atoms with Crippen LogP contribution in [-0.4, -0.2) is 26.1 Å². The Balaban J connectivity index is 1.57. The maximum atomic E-state index is 13.8. The van der Waals surface area contributed by atoms with E-state index in [2.05, 4.69) is 9.97 Å². The van der Waals surface area contributed by atoms with Gasteiger partial charge in [-0.25, -0.2) is 23.1 Å². The van der Waals surface area contributed by atoms with Gasteiger partial charge in [0.2, 0.25) is 0 Å². The molecule has 0 bridgehead atoms. The van der Waals surface area contributed by atoms with Gasteiger partial charge < -0.3 is 4.98 Å². The number of H-pyrrole nitrogens is 1. The Morgan fingerprint density at radius 1 is 1.11 bits per heavy atom. The smallest absolute Gasteiger partial charge is 0.307 e. The number of Topliss-reactive ketones (excluding diaryl/α,β-unsaturated/α-hetero) is 2. The predicted octanol–water partition coefficient (Wildman–Crippen LogP) is 4.00. The number of carbonyl (C=O) groups is 2. The summed E-state index contributed by atoms with van der Waals surface area (Å²) in [6.45, 7) is 0. The van der Waals surface area contributed by atoms with Crippen LogP contribution in [0.1, 0.15) is 46.2 Å². The fourth-order valence-corrected chi connectivity index (χ4v) is 4.92. The zero-order valence-corrected chi connectivity index (χ0v) is 19.8. The van der Waals surface area contributed by atoms with Crippen molar-refractivity contribution in [3.05, 3.63) is 96.6 Å². The summed E-state index contributed by atoms with van der Waals surface area (Å²) in [5.41, 5.74) is -0.880. The Labute approximate surface area is 207 Å². The van der Waals surface area contributed by atoms with Gasteiger partial charge in [0.05, 0.1) is 22.3 Å². The summed E-state index contributed by atoms with van der Waals surface area (Å²) in [6, 6.07) is 5.95. The van der Waals surface area contributed by atoms with E-state index < -0.39 is 34.7 Å². The lowest BCUT2D eigenvalue weighted by atomic mass is 9.99. The third-order valence-electron chi connectivity index (χ3n) is 6.27. The molecule has 1 fully saturated rings. The van der Waals surface area contributed by atoms with Gasteiger partial charge in [0.25, 0.3) is 5.56 Å². The highest BCUT2D eigenvalue weighted by molar-refractivity contribution is 7.09. The lowest BCUT2D eigenvalue weighted by Gasteiger charge is -2.18. The van der Waals surface area contributed by atoms with Gasteiger partial charge in [-0.1, -0.05) is 6.07 Å². The van der Waals surface area contributed by atoms with Crippen molar-refractivity contribution in [3.8, 4) is 0 Å². The summed E-state index contributed by atoms with van der Waals surface area (Å²) in [5, 5.41) is 2.30. The van der Waals surface area contributed by atoms with E-state index in [9.17, 15) is 28.0 Å². The highest BCUT2D eigenvalue weighted by Gasteiger charge is 2.28. The molecule has 1 unspecified atom stereocenters. The molecule has 2 aromatic carbocycles. The lowest BCUT2D eigenvalue weighted by molar-refractivity contribution is -0.121. The van der Waals surface area contributed by atoms with Crippen LogP contribution >= 0.6 is 11.3 Å². The molecule has 0 spiro atoms. The van der Waals surface area contributed by atoms with Gasteiger partial charge >= 0.3 is 5.69 Å². The number of rotatable bonds is 9. The van der Waals surface area contributed by atoms with Gasteiger partial charge in [-0.05, 0) is 48.6 Å². The molecule has 7 nitrogen and oxygen atoms in total. The van der Waals surface area contributed by atoms with Crippen LogP contribution in [0.4, 0.5) is 8.78 Å². The summed E-state index contributed by atoms with van der Waals surface area (Å²) < 4.78 is 28.5. The molecule has 5 rings (SSSR count). The number of ketones is 2. The van der Waals surface area contributed by atoms with Crippen molar-refractivity contribution in [3.63, 3.8) is 0 Å². The molecule has 1 aliphatic carbocycles. The largest absolute Gasteiger partial charge is 0.329 e. The Morgan fingerprint density at radius 2 is 1.86 bits per heavy atom. The lowest BCUT2D eigenvalue weighted by Crippen LogP contribution is -2.42. The van der Waals surface area contributed by atoms with E-state index in [-0.39, 0.29) is 35.1 Å². The number of thiazole rings is 1. The number of fused-ring (bicyclic) bond motifs is 1. The first-order chi connectivity index (χ1) is 17.3. The van der Waals surface area contributed by atoms with Gasteiger partial charge in [0.1, 0.15) is 17.7 Å². The summed E-state index contributed by atoms with van der Waals surface area (Å²) in [5.74, 6) is -1.84. The topological polar surface area (TPSA) is 102 Å². The minimum absolute atomic E-state index is 0.0611. The fourth-order valence-electron chi connectivity index (χ4n) is 4.30. The van der Waals surface area contributed by atoms with Crippen LogP contribution in [0.15, 0.2) is 57.6 Å². The Morgan fingerprint density at radius 3 is 2.53 bits per heavy atom. The van der Waals surface area contributed by atoms with Crippen molar-refractivity contribution in [1.29, 1.82) is 0 Å². The highest BCUT2D eigenvalue weighted by Crippen LogP contribution is 2.33. The van der Waals surface area contributed by atoms with Crippen molar-refractivity contribution >= 4 is 33.8 Å². The normalized spacial score (nSPS) is 14.2. The molecule has 0 amide bonds. The molecular formula is C26H21F2N3O4S. The molecule has 36 heavy (non-hydrogen) atoms. The molecule has 4 aromatic rings. The summed E-state index contributed by atoms with van der Waals surface area (Å²) in [7, 11) is 0. The third kappa shape index (κ3) is 5.08. The molecule has 10 heteroatoms. The minimum Gasteiger partial charge on any atom is -0.307 e. The Bertz CT molecular complexity index is 1570. The second-order valence-corrected chi connectivity index (χ2v) is 9.98. The van der Waals surface area contributed by atoms with Gasteiger partial charge in [-0.2, -0.15) is 0 Å². The number of halogens is 2. The van der Waals surface area contributed by atoms with Gasteiger partial charge in [-0.15, -0.1) is 11.3 Å². The average Bonchev–Trinajstić information content (AvgIpc) is 3.49.